The van der Waals surface area contributed by atoms with Gasteiger partial charge in [0.2, 0.25) is 0 Å². The molecule has 3 heteroatoms. The van der Waals surface area contributed by atoms with Crippen LogP contribution >= 0.6 is 0 Å². The average Bonchev–Trinajstić information content (AvgIpc) is 3.08. The number of rotatable bonds is 3. The molecule has 0 unspecified atom stereocenters. The third kappa shape index (κ3) is 2.66. The van der Waals surface area contributed by atoms with E-state index < -0.39 is 0 Å². The maximum Gasteiger partial charge on any atom is 0.262 e. The molecule has 0 fully saturated rings. The van der Waals surface area contributed by atoms with Crippen molar-refractivity contribution in [1.29, 1.82) is 0 Å². The Morgan fingerprint density at radius 1 is 0.640 bits per heavy atom. The SMILES string of the molecule is O=C(c1ccccc1)c1cn(C(=O)c2ccccc2)c2ccccc12. The number of carbonyl (C=O) groups is 2. The molecule has 1 aromatic heterocycles. The van der Waals surface area contributed by atoms with Crippen LogP contribution < -0.4 is 0 Å². The molecule has 0 saturated carbocycles. The lowest BCUT2D eigenvalue weighted by Crippen LogP contribution is -2.10. The summed E-state index contributed by atoms with van der Waals surface area (Å²) in [6, 6.07) is 25.7. The van der Waals surface area contributed by atoms with Crippen molar-refractivity contribution in [2.75, 3.05) is 0 Å². The van der Waals surface area contributed by atoms with Crippen molar-refractivity contribution in [3.63, 3.8) is 0 Å². The number of nitrogens with zero attached hydrogens (tertiary/aromatic N) is 1. The van der Waals surface area contributed by atoms with Crippen molar-refractivity contribution in [2.45, 2.75) is 0 Å². The zero-order valence-corrected chi connectivity index (χ0v) is 13.4. The van der Waals surface area contributed by atoms with Gasteiger partial charge in [-0.2, -0.15) is 0 Å². The number of ketones is 1. The summed E-state index contributed by atoms with van der Waals surface area (Å²) < 4.78 is 1.56. The number of fused-ring (bicyclic) bond motifs is 1. The Morgan fingerprint density at radius 3 is 1.88 bits per heavy atom. The maximum absolute atomic E-state index is 12.9. The third-order valence-corrected chi connectivity index (χ3v) is 4.23. The van der Waals surface area contributed by atoms with E-state index >= 15 is 0 Å². The maximum atomic E-state index is 12.9. The molecular formula is C22H15NO2. The molecule has 25 heavy (non-hydrogen) atoms. The Bertz CT molecular complexity index is 978. The molecule has 0 aliphatic carbocycles. The Labute approximate surface area is 145 Å². The minimum absolute atomic E-state index is 0.0867. The average molecular weight is 325 g/mol. The van der Waals surface area contributed by atoms with Crippen LogP contribution in [0.15, 0.2) is 91.1 Å². The van der Waals surface area contributed by atoms with Crippen molar-refractivity contribution < 1.29 is 9.59 Å². The molecule has 0 spiro atoms. The first-order valence-electron chi connectivity index (χ1n) is 8.05. The second-order valence-electron chi connectivity index (χ2n) is 5.80. The molecule has 3 nitrogen and oxygen atoms in total. The van der Waals surface area contributed by atoms with Gasteiger partial charge in [0.15, 0.2) is 5.78 Å². The van der Waals surface area contributed by atoms with Gasteiger partial charge in [0.05, 0.1) is 5.52 Å². The Morgan fingerprint density at radius 2 is 1.20 bits per heavy atom. The van der Waals surface area contributed by atoms with Gasteiger partial charge < -0.3 is 0 Å². The first-order chi connectivity index (χ1) is 12.3. The third-order valence-electron chi connectivity index (χ3n) is 4.23. The van der Waals surface area contributed by atoms with Crippen LogP contribution in [0.4, 0.5) is 0 Å². The number of carbonyl (C=O) groups excluding carboxylic acids is 2. The normalized spacial score (nSPS) is 10.7. The summed E-state index contributed by atoms with van der Waals surface area (Å²) in [5, 5.41) is 0.778. The topological polar surface area (TPSA) is 39.1 Å². The highest BCUT2D eigenvalue weighted by atomic mass is 16.2. The van der Waals surface area contributed by atoms with E-state index in [-0.39, 0.29) is 11.7 Å². The van der Waals surface area contributed by atoms with E-state index in [1.165, 1.54) is 0 Å². The summed E-state index contributed by atoms with van der Waals surface area (Å²) in [6.45, 7) is 0. The van der Waals surface area contributed by atoms with Crippen molar-refractivity contribution in [2.24, 2.45) is 0 Å². The van der Waals surface area contributed by atoms with Gasteiger partial charge in [0, 0.05) is 28.3 Å². The quantitative estimate of drug-likeness (QED) is 0.518. The molecule has 1 heterocycles. The van der Waals surface area contributed by atoms with Gasteiger partial charge in [-0.3, -0.25) is 14.2 Å². The number of hydrogen-bond donors (Lipinski definition) is 0. The van der Waals surface area contributed by atoms with Crippen molar-refractivity contribution in [1.82, 2.24) is 4.57 Å². The molecule has 3 aromatic carbocycles. The Hall–Kier alpha value is -3.46. The molecule has 0 N–H and O–H groups in total. The number of hydrogen-bond acceptors (Lipinski definition) is 2. The molecule has 0 saturated heterocycles. The number of para-hydroxylation sites is 1. The molecule has 4 rings (SSSR count). The molecular weight excluding hydrogens is 310 g/mol. The lowest BCUT2D eigenvalue weighted by atomic mass is 10.0. The summed E-state index contributed by atoms with van der Waals surface area (Å²) in [6.07, 6.45) is 1.65. The largest absolute Gasteiger partial charge is 0.289 e. The lowest BCUT2D eigenvalue weighted by molar-refractivity contribution is 0.0965. The monoisotopic (exact) mass is 325 g/mol. The zero-order chi connectivity index (χ0) is 17.2. The van der Waals surface area contributed by atoms with Crippen LogP contribution in [0.2, 0.25) is 0 Å². The summed E-state index contributed by atoms with van der Waals surface area (Å²) in [4.78, 5) is 25.8. The number of benzene rings is 3. The molecule has 0 bridgehead atoms. The lowest BCUT2D eigenvalue weighted by Gasteiger charge is -2.03. The van der Waals surface area contributed by atoms with Crippen LogP contribution in [0.5, 0.6) is 0 Å². The Balaban J connectivity index is 1.88. The van der Waals surface area contributed by atoms with Crippen LogP contribution in [-0.4, -0.2) is 16.3 Å². The van der Waals surface area contributed by atoms with E-state index in [2.05, 4.69) is 0 Å². The van der Waals surface area contributed by atoms with Gasteiger partial charge in [0.25, 0.3) is 5.91 Å². The molecule has 0 amide bonds. The zero-order valence-electron chi connectivity index (χ0n) is 13.4. The number of aromatic nitrogens is 1. The van der Waals surface area contributed by atoms with E-state index in [0.717, 1.165) is 10.9 Å². The first-order valence-corrected chi connectivity index (χ1v) is 8.05. The van der Waals surface area contributed by atoms with Crippen LogP contribution in [0.3, 0.4) is 0 Å². The smallest absolute Gasteiger partial charge is 0.262 e. The standard InChI is InChI=1S/C22H15NO2/c24-21(16-9-3-1-4-10-16)19-15-23(20-14-8-7-13-18(19)20)22(25)17-11-5-2-6-12-17/h1-15H. The van der Waals surface area contributed by atoms with Crippen LogP contribution in [0, 0.1) is 0 Å². The van der Waals surface area contributed by atoms with Gasteiger partial charge in [-0.25, -0.2) is 0 Å². The Kier molecular flexibility index (Phi) is 3.75. The predicted molar refractivity (Wildman–Crippen MR) is 98.0 cm³/mol. The fourth-order valence-corrected chi connectivity index (χ4v) is 2.99. The molecule has 0 radical (unpaired) electrons. The predicted octanol–water partition coefficient (Wildman–Crippen LogP) is 4.56. The summed E-state index contributed by atoms with van der Waals surface area (Å²) in [5.41, 5.74) is 2.46. The van der Waals surface area contributed by atoms with Crippen LogP contribution in [0.1, 0.15) is 26.3 Å². The van der Waals surface area contributed by atoms with Gasteiger partial charge in [-0.15, -0.1) is 0 Å². The van der Waals surface area contributed by atoms with Crippen molar-refractivity contribution in [3.8, 4) is 0 Å². The van der Waals surface area contributed by atoms with E-state index in [1.807, 2.05) is 60.7 Å². The minimum Gasteiger partial charge on any atom is -0.289 e. The van der Waals surface area contributed by atoms with Crippen LogP contribution in [-0.2, 0) is 0 Å². The summed E-state index contributed by atoms with van der Waals surface area (Å²) in [5.74, 6) is -0.236. The van der Waals surface area contributed by atoms with E-state index in [4.69, 9.17) is 0 Å². The van der Waals surface area contributed by atoms with E-state index in [1.54, 1.807) is 35.0 Å². The molecule has 0 atom stereocenters. The summed E-state index contributed by atoms with van der Waals surface area (Å²) in [7, 11) is 0. The van der Waals surface area contributed by atoms with Gasteiger partial charge >= 0.3 is 0 Å². The highest BCUT2D eigenvalue weighted by Crippen LogP contribution is 2.24. The minimum atomic E-state index is -0.149. The van der Waals surface area contributed by atoms with Crippen LogP contribution in [0.25, 0.3) is 10.9 Å². The second kappa shape index (κ2) is 6.21. The molecule has 0 aliphatic heterocycles. The van der Waals surface area contributed by atoms with Gasteiger partial charge in [-0.05, 0) is 18.2 Å². The summed E-state index contributed by atoms with van der Waals surface area (Å²) >= 11 is 0. The fraction of sp³-hybridized carbons (Fsp3) is 0. The molecule has 4 aromatic rings. The highest BCUT2D eigenvalue weighted by Gasteiger charge is 2.19. The van der Waals surface area contributed by atoms with E-state index in [9.17, 15) is 9.59 Å². The first kappa shape index (κ1) is 15.1. The molecule has 120 valence electrons. The fourth-order valence-electron chi connectivity index (χ4n) is 2.99. The van der Waals surface area contributed by atoms with Gasteiger partial charge in [0.1, 0.15) is 0 Å². The molecule has 0 aliphatic rings. The van der Waals surface area contributed by atoms with Crippen molar-refractivity contribution in [3.05, 3.63) is 108 Å². The highest BCUT2D eigenvalue weighted by molar-refractivity contribution is 6.18. The second-order valence-corrected chi connectivity index (χ2v) is 5.80. The van der Waals surface area contributed by atoms with Gasteiger partial charge in [-0.1, -0.05) is 66.7 Å². The van der Waals surface area contributed by atoms with Crippen molar-refractivity contribution >= 4 is 22.6 Å². The van der Waals surface area contributed by atoms with E-state index in [0.29, 0.717) is 16.7 Å².